The molecule has 0 aliphatic heterocycles. The zero-order chi connectivity index (χ0) is 22.2. The number of nitrogens with one attached hydrogen (secondary N) is 3. The fourth-order valence-corrected chi connectivity index (χ4v) is 3.69. The third-order valence-electron chi connectivity index (χ3n) is 4.75. The van der Waals surface area contributed by atoms with Gasteiger partial charge in [0, 0.05) is 30.8 Å². The molecule has 3 N–H and O–H groups in total. The van der Waals surface area contributed by atoms with Crippen molar-refractivity contribution in [2.24, 2.45) is 0 Å². The number of anilines is 5. The van der Waals surface area contributed by atoms with Crippen molar-refractivity contribution in [2.45, 2.75) is 18.8 Å². The quantitative estimate of drug-likeness (QED) is 0.462. The Kier molecular flexibility index (Phi) is 5.63. The first-order valence-electron chi connectivity index (χ1n) is 9.48. The lowest BCUT2D eigenvalue weighted by atomic mass is 10.2. The highest BCUT2D eigenvalue weighted by atomic mass is 35.5. The Bertz CT molecular complexity index is 1210. The summed E-state index contributed by atoms with van der Waals surface area (Å²) >= 11 is 6.30. The number of ether oxygens (including phenoxy) is 1. The third kappa shape index (κ3) is 5.00. The maximum Gasteiger partial charge on any atom is 0.232 e. The fourth-order valence-electron chi connectivity index (χ4n) is 2.98. The second-order valence-electron chi connectivity index (χ2n) is 7.29. The van der Waals surface area contributed by atoms with Crippen LogP contribution in [0.15, 0.2) is 30.5 Å². The average molecular weight is 464 g/mol. The maximum atomic E-state index is 11.8. The normalized spacial score (nSPS) is 13.7. The summed E-state index contributed by atoms with van der Waals surface area (Å²) in [5, 5.41) is 10.7. The van der Waals surface area contributed by atoms with Crippen molar-refractivity contribution in [2.75, 3.05) is 35.4 Å². The number of hydrogen-bond donors (Lipinski definition) is 3. The Hall–Kier alpha value is -3.05. The third-order valence-corrected chi connectivity index (χ3v) is 5.62. The predicted molar refractivity (Wildman–Crippen MR) is 120 cm³/mol. The molecule has 0 amide bonds. The number of aromatic amines is 1. The van der Waals surface area contributed by atoms with E-state index in [1.807, 2.05) is 13.1 Å². The minimum Gasteiger partial charge on any atom is -0.497 e. The number of nitrogens with zero attached hydrogens (tertiary/aromatic N) is 4. The van der Waals surface area contributed by atoms with Crippen LogP contribution in [0.4, 0.5) is 29.0 Å². The van der Waals surface area contributed by atoms with Crippen molar-refractivity contribution >= 4 is 50.6 Å². The highest BCUT2D eigenvalue weighted by molar-refractivity contribution is 7.92. The van der Waals surface area contributed by atoms with Gasteiger partial charge in [-0.25, -0.2) is 13.4 Å². The highest BCUT2D eigenvalue weighted by Gasteiger charge is 2.26. The molecule has 1 aliphatic rings. The molecule has 0 atom stereocenters. The number of aromatic nitrogens is 4. The van der Waals surface area contributed by atoms with Crippen LogP contribution in [0.3, 0.4) is 0 Å². The van der Waals surface area contributed by atoms with Crippen molar-refractivity contribution < 1.29 is 13.2 Å². The number of H-pyrrole nitrogens is 1. The van der Waals surface area contributed by atoms with Gasteiger partial charge < -0.3 is 10.1 Å². The van der Waals surface area contributed by atoms with Crippen molar-refractivity contribution in [1.82, 2.24) is 20.2 Å². The van der Waals surface area contributed by atoms with E-state index in [0.29, 0.717) is 40.6 Å². The number of sulfonamides is 1. The lowest BCUT2D eigenvalue weighted by Crippen LogP contribution is -2.15. The summed E-state index contributed by atoms with van der Waals surface area (Å²) in [5.74, 6) is 2.44. The van der Waals surface area contributed by atoms with Gasteiger partial charge in [0.05, 0.1) is 30.9 Å². The largest absolute Gasteiger partial charge is 0.497 e. The monoisotopic (exact) mass is 463 g/mol. The first-order valence-corrected chi connectivity index (χ1v) is 11.7. The molecule has 1 fully saturated rings. The van der Waals surface area contributed by atoms with Gasteiger partial charge in [0.15, 0.2) is 11.6 Å². The Morgan fingerprint density at radius 3 is 2.71 bits per heavy atom. The van der Waals surface area contributed by atoms with E-state index in [9.17, 15) is 8.42 Å². The van der Waals surface area contributed by atoms with Gasteiger partial charge in [-0.2, -0.15) is 10.1 Å². The molecular formula is C19H22ClN7O3S. The van der Waals surface area contributed by atoms with Crippen molar-refractivity contribution in [3.8, 4) is 5.75 Å². The van der Waals surface area contributed by atoms with Crippen LogP contribution in [-0.4, -0.2) is 49.0 Å². The Morgan fingerprint density at radius 1 is 1.26 bits per heavy atom. The highest BCUT2D eigenvalue weighted by Crippen LogP contribution is 2.40. The Labute approximate surface area is 185 Å². The average Bonchev–Trinajstić information content (AvgIpc) is 3.46. The molecule has 3 aromatic rings. The van der Waals surface area contributed by atoms with Gasteiger partial charge in [-0.05, 0) is 25.0 Å². The molecule has 31 heavy (non-hydrogen) atoms. The van der Waals surface area contributed by atoms with Crippen LogP contribution < -0.4 is 19.7 Å². The molecule has 164 valence electrons. The van der Waals surface area contributed by atoms with Crippen LogP contribution in [0.25, 0.3) is 0 Å². The van der Waals surface area contributed by atoms with E-state index in [2.05, 4.69) is 30.2 Å². The second kappa shape index (κ2) is 8.23. The van der Waals surface area contributed by atoms with Gasteiger partial charge in [-0.15, -0.1) is 0 Å². The van der Waals surface area contributed by atoms with Crippen LogP contribution in [0, 0.1) is 0 Å². The summed E-state index contributed by atoms with van der Waals surface area (Å²) in [7, 11) is -0.206. The lowest BCUT2D eigenvalue weighted by Gasteiger charge is -2.17. The zero-order valence-corrected chi connectivity index (χ0v) is 18.8. The molecule has 0 bridgehead atoms. The zero-order valence-electron chi connectivity index (χ0n) is 17.2. The van der Waals surface area contributed by atoms with Crippen LogP contribution in [-0.2, 0) is 10.0 Å². The molecule has 0 spiro atoms. The van der Waals surface area contributed by atoms with Gasteiger partial charge in [0.2, 0.25) is 16.0 Å². The summed E-state index contributed by atoms with van der Waals surface area (Å²) < 4.78 is 31.2. The summed E-state index contributed by atoms with van der Waals surface area (Å²) in [6, 6.07) is 6.92. The molecule has 0 radical (unpaired) electrons. The van der Waals surface area contributed by atoms with Crippen molar-refractivity contribution in [3.05, 3.63) is 41.2 Å². The number of halogens is 1. The van der Waals surface area contributed by atoms with Crippen molar-refractivity contribution in [3.63, 3.8) is 0 Å². The molecule has 4 rings (SSSR count). The summed E-state index contributed by atoms with van der Waals surface area (Å²) in [6.45, 7) is 0. The van der Waals surface area contributed by atoms with Gasteiger partial charge in [0.25, 0.3) is 0 Å². The van der Waals surface area contributed by atoms with E-state index in [4.69, 9.17) is 16.3 Å². The molecule has 2 aromatic heterocycles. The van der Waals surface area contributed by atoms with Crippen LogP contribution in [0.1, 0.15) is 24.5 Å². The molecule has 2 heterocycles. The minimum absolute atomic E-state index is 0.277. The smallest absolute Gasteiger partial charge is 0.232 e. The predicted octanol–water partition coefficient (Wildman–Crippen LogP) is 3.62. The van der Waals surface area contributed by atoms with Crippen LogP contribution >= 0.6 is 11.6 Å². The molecule has 12 heteroatoms. The van der Waals surface area contributed by atoms with Gasteiger partial charge >= 0.3 is 0 Å². The lowest BCUT2D eigenvalue weighted by molar-refractivity contribution is 0.415. The van der Waals surface area contributed by atoms with Crippen LogP contribution in [0.2, 0.25) is 5.02 Å². The Balaban J connectivity index is 1.63. The van der Waals surface area contributed by atoms with E-state index >= 15 is 0 Å². The standard InChI is InChI=1S/C19H22ClN7O3S/c1-27(17-9-15(24-25-17)11-4-5-11)19-21-10-13(20)18(23-19)22-14-7-6-12(30-2)8-16(14)26-31(3,28)29/h6-11,26H,4-5H2,1-3H3,(H,24,25)(H,21,22,23). The molecule has 1 aromatic carbocycles. The summed E-state index contributed by atoms with van der Waals surface area (Å²) in [6.07, 6.45) is 4.89. The second-order valence-corrected chi connectivity index (χ2v) is 9.45. The van der Waals surface area contributed by atoms with Crippen LogP contribution in [0.5, 0.6) is 5.75 Å². The molecular weight excluding hydrogens is 442 g/mol. The van der Waals surface area contributed by atoms with Gasteiger partial charge in [0.1, 0.15) is 10.8 Å². The SMILES string of the molecule is COc1ccc(Nc2nc(N(C)c3cc(C4CC4)[nH]n3)ncc2Cl)c(NS(C)(=O)=O)c1. The minimum atomic E-state index is -3.52. The topological polar surface area (TPSA) is 125 Å². The number of hydrogen-bond acceptors (Lipinski definition) is 8. The van der Waals surface area contributed by atoms with E-state index in [0.717, 1.165) is 11.9 Å². The maximum absolute atomic E-state index is 11.8. The van der Waals surface area contributed by atoms with E-state index in [-0.39, 0.29) is 5.02 Å². The number of benzene rings is 1. The first-order chi connectivity index (χ1) is 14.7. The molecule has 10 nitrogen and oxygen atoms in total. The van der Waals surface area contributed by atoms with E-state index < -0.39 is 10.0 Å². The molecule has 0 saturated heterocycles. The van der Waals surface area contributed by atoms with Gasteiger partial charge in [-0.3, -0.25) is 14.7 Å². The molecule has 0 unspecified atom stereocenters. The number of rotatable bonds is 8. The number of methoxy groups -OCH3 is 1. The van der Waals surface area contributed by atoms with Gasteiger partial charge in [-0.1, -0.05) is 11.6 Å². The fraction of sp³-hybridized carbons (Fsp3) is 0.316. The van der Waals surface area contributed by atoms with E-state index in [1.165, 1.54) is 26.1 Å². The summed E-state index contributed by atoms with van der Waals surface area (Å²) in [5.41, 5.74) is 1.85. The molecule has 1 aliphatic carbocycles. The Morgan fingerprint density at radius 2 is 2.03 bits per heavy atom. The summed E-state index contributed by atoms with van der Waals surface area (Å²) in [4.78, 5) is 10.5. The molecule has 1 saturated carbocycles. The first kappa shape index (κ1) is 21.2. The van der Waals surface area contributed by atoms with Crippen molar-refractivity contribution in [1.29, 1.82) is 0 Å². The van der Waals surface area contributed by atoms with E-state index in [1.54, 1.807) is 23.1 Å².